The number of imidazole rings is 1. The fraction of sp³-hybridized carbons (Fsp3) is 0.667. The van der Waals surface area contributed by atoms with Crippen molar-refractivity contribution < 1.29 is 18.3 Å². The van der Waals surface area contributed by atoms with Gasteiger partial charge in [0.2, 0.25) is 0 Å². The summed E-state index contributed by atoms with van der Waals surface area (Å²) < 4.78 is 28.4. The van der Waals surface area contributed by atoms with Crippen LogP contribution in [0.1, 0.15) is 25.6 Å². The number of nitrogens with zero attached hydrogens (tertiary/aromatic N) is 2. The van der Waals surface area contributed by atoms with Crippen LogP contribution in [-0.2, 0) is 21.4 Å². The van der Waals surface area contributed by atoms with Gasteiger partial charge in [-0.25, -0.2) is 13.4 Å². The number of rotatable bonds is 9. The van der Waals surface area contributed by atoms with E-state index in [1.54, 1.807) is 11.5 Å². The van der Waals surface area contributed by atoms with Crippen LogP contribution in [0, 0.1) is 6.92 Å². The predicted molar refractivity (Wildman–Crippen MR) is 82.0 cm³/mol. The van der Waals surface area contributed by atoms with Gasteiger partial charge in [0.1, 0.15) is 11.9 Å². The van der Waals surface area contributed by atoms with Crippen molar-refractivity contribution in [1.29, 1.82) is 0 Å². The van der Waals surface area contributed by atoms with Crippen molar-refractivity contribution in [1.82, 2.24) is 14.3 Å². The van der Waals surface area contributed by atoms with E-state index in [2.05, 4.69) is 9.71 Å². The molecule has 2 N–H and O–H groups in total. The smallest absolute Gasteiger partial charge is 0.321 e. The van der Waals surface area contributed by atoms with E-state index in [1.807, 2.05) is 13.2 Å². The average molecular weight is 335 g/mol. The Morgan fingerprint density at radius 3 is 2.76 bits per heavy atom. The van der Waals surface area contributed by atoms with Crippen LogP contribution < -0.4 is 4.72 Å². The van der Waals surface area contributed by atoms with Gasteiger partial charge in [-0.05, 0) is 31.8 Å². The molecule has 0 saturated carbocycles. The number of hydrogen-bond acceptors (Lipinski definition) is 5. The molecule has 0 spiro atoms. The van der Waals surface area contributed by atoms with Gasteiger partial charge in [-0.15, -0.1) is 0 Å². The first-order chi connectivity index (χ1) is 9.81. The second-order valence-electron chi connectivity index (χ2n) is 4.61. The van der Waals surface area contributed by atoms with E-state index in [9.17, 15) is 13.2 Å². The third-order valence-electron chi connectivity index (χ3n) is 2.90. The Balaban J connectivity index is 2.93. The summed E-state index contributed by atoms with van der Waals surface area (Å²) in [6.45, 7) is 4.37. The highest BCUT2D eigenvalue weighted by molar-refractivity contribution is 7.98. The van der Waals surface area contributed by atoms with Gasteiger partial charge in [0.15, 0.2) is 5.03 Å². The van der Waals surface area contributed by atoms with E-state index in [0.29, 0.717) is 18.1 Å². The molecule has 0 aliphatic rings. The third kappa shape index (κ3) is 5.01. The fourth-order valence-corrected chi connectivity index (χ4v) is 3.50. The monoisotopic (exact) mass is 335 g/mol. The number of carboxylic acid groups (broad SMARTS) is 1. The standard InChI is InChI=1S/C12H21N3O4S2/c1-4-6-15-8-11(13-9(15)2)21(18,19)14-10(12(16)17)5-7-20-3/h8,10,14H,4-7H2,1-3H3,(H,16,17)/t10-/m0/s1. The second-order valence-corrected chi connectivity index (χ2v) is 7.26. The molecular weight excluding hydrogens is 314 g/mol. The lowest BCUT2D eigenvalue weighted by atomic mass is 10.2. The summed E-state index contributed by atoms with van der Waals surface area (Å²) in [6.07, 6.45) is 4.36. The summed E-state index contributed by atoms with van der Waals surface area (Å²) in [5.74, 6) is -0.0338. The lowest BCUT2D eigenvalue weighted by molar-refractivity contribution is -0.139. The first kappa shape index (κ1) is 18.0. The van der Waals surface area contributed by atoms with E-state index >= 15 is 0 Å². The highest BCUT2D eigenvalue weighted by Gasteiger charge is 2.27. The molecule has 0 saturated heterocycles. The first-order valence-electron chi connectivity index (χ1n) is 6.59. The van der Waals surface area contributed by atoms with E-state index in [4.69, 9.17) is 5.11 Å². The van der Waals surface area contributed by atoms with E-state index < -0.39 is 22.0 Å². The number of carbonyl (C=O) groups is 1. The molecule has 0 aromatic carbocycles. The van der Waals surface area contributed by atoms with Gasteiger partial charge < -0.3 is 9.67 Å². The van der Waals surface area contributed by atoms with Crippen molar-refractivity contribution in [3.05, 3.63) is 12.0 Å². The van der Waals surface area contributed by atoms with Crippen LogP contribution in [0.4, 0.5) is 0 Å². The zero-order chi connectivity index (χ0) is 16.0. The Kier molecular flexibility index (Phi) is 6.69. The van der Waals surface area contributed by atoms with Crippen LogP contribution in [0.2, 0.25) is 0 Å². The minimum atomic E-state index is -3.93. The molecule has 120 valence electrons. The first-order valence-corrected chi connectivity index (χ1v) is 9.47. The molecule has 1 aromatic heterocycles. The van der Waals surface area contributed by atoms with Gasteiger partial charge in [-0.2, -0.15) is 16.5 Å². The molecule has 0 amide bonds. The number of aromatic nitrogens is 2. The second kappa shape index (κ2) is 7.81. The minimum Gasteiger partial charge on any atom is -0.480 e. The molecule has 21 heavy (non-hydrogen) atoms. The average Bonchev–Trinajstić information content (AvgIpc) is 2.77. The predicted octanol–water partition coefficient (Wildman–Crippen LogP) is 1.09. The summed E-state index contributed by atoms with van der Waals surface area (Å²) in [5.41, 5.74) is 0. The summed E-state index contributed by atoms with van der Waals surface area (Å²) in [5, 5.41) is 8.96. The fourth-order valence-electron chi connectivity index (χ4n) is 1.79. The van der Waals surface area contributed by atoms with E-state index in [-0.39, 0.29) is 11.4 Å². The maximum Gasteiger partial charge on any atom is 0.321 e. The number of thioether (sulfide) groups is 1. The molecule has 9 heteroatoms. The van der Waals surface area contributed by atoms with Crippen LogP contribution in [0.5, 0.6) is 0 Å². The van der Waals surface area contributed by atoms with E-state index in [1.165, 1.54) is 18.0 Å². The van der Waals surface area contributed by atoms with Gasteiger partial charge in [0.25, 0.3) is 10.0 Å². The van der Waals surface area contributed by atoms with Crippen LogP contribution >= 0.6 is 11.8 Å². The van der Waals surface area contributed by atoms with Gasteiger partial charge in [0, 0.05) is 12.7 Å². The summed E-state index contributed by atoms with van der Waals surface area (Å²) in [7, 11) is -3.93. The Bertz CT molecular complexity index is 583. The van der Waals surface area contributed by atoms with Crippen molar-refractivity contribution in [2.75, 3.05) is 12.0 Å². The molecule has 0 aliphatic carbocycles. The zero-order valence-corrected chi connectivity index (χ0v) is 14.0. The number of hydrogen-bond donors (Lipinski definition) is 2. The number of aliphatic carboxylic acids is 1. The van der Waals surface area contributed by atoms with Crippen molar-refractivity contribution in [2.24, 2.45) is 0 Å². The van der Waals surface area contributed by atoms with Gasteiger partial charge in [0.05, 0.1) is 0 Å². The zero-order valence-electron chi connectivity index (χ0n) is 12.4. The highest BCUT2D eigenvalue weighted by atomic mass is 32.2. The molecule has 1 heterocycles. The van der Waals surface area contributed by atoms with E-state index in [0.717, 1.165) is 6.42 Å². The van der Waals surface area contributed by atoms with Gasteiger partial charge in [-0.3, -0.25) is 4.79 Å². The maximum absolute atomic E-state index is 12.2. The number of aryl methyl sites for hydroxylation is 2. The molecule has 1 atom stereocenters. The molecule has 0 bridgehead atoms. The minimum absolute atomic E-state index is 0.135. The van der Waals surface area contributed by atoms with Crippen molar-refractivity contribution in [2.45, 2.75) is 44.3 Å². The molecule has 1 aromatic rings. The SMILES string of the molecule is CCCn1cc(S(=O)(=O)N[C@@H](CCSC)C(=O)O)nc1C. The molecule has 0 fully saturated rings. The lowest BCUT2D eigenvalue weighted by Gasteiger charge is -2.12. The Labute approximate surface area is 129 Å². The quantitative estimate of drug-likeness (QED) is 0.700. The number of sulfonamides is 1. The number of nitrogens with one attached hydrogen (secondary N) is 1. The lowest BCUT2D eigenvalue weighted by Crippen LogP contribution is -2.41. The normalized spacial score (nSPS) is 13.3. The van der Waals surface area contributed by atoms with Gasteiger partial charge in [-0.1, -0.05) is 6.92 Å². The summed E-state index contributed by atoms with van der Waals surface area (Å²) in [6, 6.07) is -1.14. The van der Waals surface area contributed by atoms with Crippen LogP contribution in [0.25, 0.3) is 0 Å². The maximum atomic E-state index is 12.2. The van der Waals surface area contributed by atoms with Gasteiger partial charge >= 0.3 is 5.97 Å². The van der Waals surface area contributed by atoms with Crippen molar-refractivity contribution in [3.63, 3.8) is 0 Å². The highest BCUT2D eigenvalue weighted by Crippen LogP contribution is 2.12. The largest absolute Gasteiger partial charge is 0.480 e. The Hall–Kier alpha value is -1.06. The molecule has 0 unspecified atom stereocenters. The summed E-state index contributed by atoms with van der Waals surface area (Å²) in [4.78, 5) is 15.1. The molecule has 7 nitrogen and oxygen atoms in total. The molecular formula is C12H21N3O4S2. The van der Waals surface area contributed by atoms with Crippen LogP contribution in [0.15, 0.2) is 11.2 Å². The topological polar surface area (TPSA) is 101 Å². The van der Waals surface area contributed by atoms with Crippen LogP contribution in [0.3, 0.4) is 0 Å². The molecule has 0 radical (unpaired) electrons. The van der Waals surface area contributed by atoms with Crippen molar-refractivity contribution >= 4 is 27.8 Å². The van der Waals surface area contributed by atoms with Crippen molar-refractivity contribution in [3.8, 4) is 0 Å². The number of carboxylic acids is 1. The Morgan fingerprint density at radius 1 is 1.57 bits per heavy atom. The van der Waals surface area contributed by atoms with Crippen LogP contribution in [-0.4, -0.2) is 47.1 Å². The molecule has 0 aliphatic heterocycles. The summed E-state index contributed by atoms with van der Waals surface area (Å²) >= 11 is 1.46. The Morgan fingerprint density at radius 2 is 2.24 bits per heavy atom. The molecule has 1 rings (SSSR count). The third-order valence-corrected chi connectivity index (χ3v) is 4.89.